The van der Waals surface area contributed by atoms with Crippen LogP contribution >= 0.6 is 0 Å². The fourth-order valence-electron chi connectivity index (χ4n) is 0.588. The quantitative estimate of drug-likeness (QED) is 0.626. The summed E-state index contributed by atoms with van der Waals surface area (Å²) in [4.78, 5) is 3.88. The van der Waals surface area contributed by atoms with E-state index in [1.807, 2.05) is 10.8 Å². The van der Waals surface area contributed by atoms with Crippen LogP contribution in [-0.2, 0) is 6.67 Å². The van der Waals surface area contributed by atoms with Gasteiger partial charge in [-0.15, -0.1) is 0 Å². The number of nitrogens with zero attached hydrogens (tertiary/aromatic N) is 2. The molecule has 0 spiro atoms. The Labute approximate surface area is 54.7 Å². The number of aromatic nitrogens is 2. The maximum absolute atomic E-state index is 3.88. The van der Waals surface area contributed by atoms with Gasteiger partial charge >= 0.3 is 0 Å². The Morgan fingerprint density at radius 2 is 2.56 bits per heavy atom. The number of nitrogens with one attached hydrogen (secondary N) is 1. The molecular weight excluding hydrogens is 114 g/mol. The first-order valence-corrected chi connectivity index (χ1v) is 2.89. The van der Waals surface area contributed by atoms with Gasteiger partial charge in [-0.25, -0.2) is 4.98 Å². The van der Waals surface area contributed by atoms with Gasteiger partial charge in [0.1, 0.15) is 0 Å². The van der Waals surface area contributed by atoms with Gasteiger partial charge < -0.3 is 4.57 Å². The van der Waals surface area contributed by atoms with Crippen molar-refractivity contribution >= 4 is 0 Å². The lowest BCUT2D eigenvalue weighted by atomic mass is 10.7. The first kappa shape index (κ1) is 6.29. The third kappa shape index (κ3) is 1.85. The summed E-state index contributed by atoms with van der Waals surface area (Å²) in [6.07, 6.45) is 5.43. The summed E-state index contributed by atoms with van der Waals surface area (Å²) in [7, 11) is 0. The topological polar surface area (TPSA) is 29.9 Å². The molecule has 0 aliphatic rings. The predicted molar refractivity (Wildman–Crippen MR) is 35.6 cm³/mol. The standard InChI is InChI=1S/C6H10N3/c1-2-7-5-9-4-3-8-6-9/h3-4,6-7H,1-2,5H2. The van der Waals surface area contributed by atoms with Gasteiger partial charge in [0.2, 0.25) is 0 Å². The Morgan fingerprint density at radius 1 is 1.67 bits per heavy atom. The van der Waals surface area contributed by atoms with Gasteiger partial charge in [-0.05, 0) is 13.5 Å². The molecule has 0 amide bonds. The molecule has 0 unspecified atom stereocenters. The zero-order chi connectivity index (χ0) is 6.53. The molecule has 49 valence electrons. The maximum Gasteiger partial charge on any atom is 0.0956 e. The van der Waals surface area contributed by atoms with Crippen molar-refractivity contribution in [1.82, 2.24) is 14.9 Å². The van der Waals surface area contributed by atoms with Gasteiger partial charge in [0, 0.05) is 12.4 Å². The number of hydrogen-bond donors (Lipinski definition) is 1. The minimum absolute atomic E-state index is 0.748. The number of rotatable bonds is 3. The lowest BCUT2D eigenvalue weighted by Crippen LogP contribution is -2.16. The van der Waals surface area contributed by atoms with Crippen LogP contribution in [0.2, 0.25) is 0 Å². The molecule has 3 nitrogen and oxygen atoms in total. The first-order valence-electron chi connectivity index (χ1n) is 2.89. The van der Waals surface area contributed by atoms with Crippen LogP contribution in [0, 0.1) is 6.92 Å². The summed E-state index contributed by atoms with van der Waals surface area (Å²) in [6.45, 7) is 5.18. The van der Waals surface area contributed by atoms with Crippen molar-refractivity contribution in [3.63, 3.8) is 0 Å². The molecular formula is C6H10N3. The van der Waals surface area contributed by atoms with E-state index >= 15 is 0 Å². The molecule has 0 saturated heterocycles. The summed E-state index contributed by atoms with van der Waals surface area (Å²) in [5.74, 6) is 0. The van der Waals surface area contributed by atoms with E-state index in [0.717, 1.165) is 13.2 Å². The van der Waals surface area contributed by atoms with E-state index in [9.17, 15) is 0 Å². The molecule has 1 N–H and O–H groups in total. The summed E-state index contributed by atoms with van der Waals surface area (Å²) < 4.78 is 1.95. The van der Waals surface area contributed by atoms with Crippen LogP contribution in [0.3, 0.4) is 0 Å². The van der Waals surface area contributed by atoms with Gasteiger partial charge in [0.15, 0.2) is 0 Å². The largest absolute Gasteiger partial charge is 0.324 e. The molecule has 1 aromatic rings. The van der Waals surface area contributed by atoms with Crippen LogP contribution < -0.4 is 5.32 Å². The van der Waals surface area contributed by atoms with Gasteiger partial charge in [0.05, 0.1) is 13.0 Å². The third-order valence-electron chi connectivity index (χ3n) is 1.03. The fraction of sp³-hybridized carbons (Fsp3) is 0.333. The van der Waals surface area contributed by atoms with Crippen LogP contribution in [0.1, 0.15) is 0 Å². The van der Waals surface area contributed by atoms with Crippen LogP contribution in [0.4, 0.5) is 0 Å². The molecule has 1 heterocycles. The molecule has 0 bridgehead atoms. The van der Waals surface area contributed by atoms with Gasteiger partial charge in [-0.2, -0.15) is 0 Å². The highest BCUT2D eigenvalue weighted by Crippen LogP contribution is 1.80. The highest BCUT2D eigenvalue weighted by atomic mass is 15.1. The summed E-state index contributed by atoms with van der Waals surface area (Å²) in [6, 6.07) is 0. The summed E-state index contributed by atoms with van der Waals surface area (Å²) in [5.41, 5.74) is 0. The van der Waals surface area contributed by atoms with Crippen LogP contribution in [0.25, 0.3) is 0 Å². The summed E-state index contributed by atoms with van der Waals surface area (Å²) >= 11 is 0. The minimum Gasteiger partial charge on any atom is -0.324 e. The van der Waals surface area contributed by atoms with Crippen LogP contribution in [-0.4, -0.2) is 16.1 Å². The average Bonchev–Trinajstić information content (AvgIpc) is 2.34. The minimum atomic E-state index is 0.748. The van der Waals surface area contributed by atoms with Crippen molar-refractivity contribution in [3.8, 4) is 0 Å². The predicted octanol–water partition coefficient (Wildman–Crippen LogP) is 0.264. The Balaban J connectivity index is 2.30. The molecule has 9 heavy (non-hydrogen) atoms. The van der Waals surface area contributed by atoms with Gasteiger partial charge in [0.25, 0.3) is 0 Å². The lowest BCUT2D eigenvalue weighted by molar-refractivity contribution is 0.590. The van der Waals surface area contributed by atoms with E-state index in [2.05, 4.69) is 17.2 Å². The first-order chi connectivity index (χ1) is 4.43. The van der Waals surface area contributed by atoms with Crippen LogP contribution in [0.15, 0.2) is 18.7 Å². The van der Waals surface area contributed by atoms with E-state index in [-0.39, 0.29) is 0 Å². The van der Waals surface area contributed by atoms with Crippen molar-refractivity contribution in [2.24, 2.45) is 0 Å². The van der Waals surface area contributed by atoms with E-state index in [4.69, 9.17) is 0 Å². The SMILES string of the molecule is [CH2]CNCn1ccnc1. The number of imidazole rings is 1. The third-order valence-corrected chi connectivity index (χ3v) is 1.03. The van der Waals surface area contributed by atoms with E-state index in [0.29, 0.717) is 0 Å². The van der Waals surface area contributed by atoms with E-state index in [1.54, 1.807) is 12.5 Å². The molecule has 0 aliphatic heterocycles. The number of hydrogen-bond acceptors (Lipinski definition) is 2. The van der Waals surface area contributed by atoms with E-state index < -0.39 is 0 Å². The van der Waals surface area contributed by atoms with Crippen molar-refractivity contribution in [3.05, 3.63) is 25.6 Å². The second-order valence-electron chi connectivity index (χ2n) is 1.74. The monoisotopic (exact) mass is 124 g/mol. The lowest BCUT2D eigenvalue weighted by Gasteiger charge is -1.99. The highest BCUT2D eigenvalue weighted by molar-refractivity contribution is 4.73. The zero-order valence-corrected chi connectivity index (χ0v) is 5.25. The maximum atomic E-state index is 3.88. The van der Waals surface area contributed by atoms with Crippen molar-refractivity contribution in [1.29, 1.82) is 0 Å². The molecule has 0 aromatic carbocycles. The smallest absolute Gasteiger partial charge is 0.0956 e. The molecule has 0 aliphatic carbocycles. The van der Waals surface area contributed by atoms with Crippen molar-refractivity contribution in [2.45, 2.75) is 6.67 Å². The Kier molecular flexibility index (Phi) is 2.27. The second kappa shape index (κ2) is 3.25. The second-order valence-corrected chi connectivity index (χ2v) is 1.74. The Morgan fingerprint density at radius 3 is 3.11 bits per heavy atom. The molecule has 0 atom stereocenters. The molecule has 1 radical (unpaired) electrons. The van der Waals surface area contributed by atoms with Crippen molar-refractivity contribution < 1.29 is 0 Å². The normalized spacial score (nSPS) is 9.89. The van der Waals surface area contributed by atoms with Crippen LogP contribution in [0.5, 0.6) is 0 Å². The Bertz CT molecular complexity index is 145. The molecule has 0 fully saturated rings. The highest BCUT2D eigenvalue weighted by Gasteiger charge is 1.83. The van der Waals surface area contributed by atoms with E-state index in [1.165, 1.54) is 0 Å². The summed E-state index contributed by atoms with van der Waals surface area (Å²) in [5, 5.41) is 3.06. The fourth-order valence-corrected chi connectivity index (χ4v) is 0.588. The van der Waals surface area contributed by atoms with Gasteiger partial charge in [-0.3, -0.25) is 5.32 Å². The van der Waals surface area contributed by atoms with Gasteiger partial charge in [-0.1, -0.05) is 0 Å². The molecule has 1 aromatic heterocycles. The van der Waals surface area contributed by atoms with Crippen molar-refractivity contribution in [2.75, 3.05) is 6.54 Å². The molecule has 0 saturated carbocycles. The Hall–Kier alpha value is -0.830. The molecule has 1 rings (SSSR count). The molecule has 3 heteroatoms. The zero-order valence-electron chi connectivity index (χ0n) is 5.25. The average molecular weight is 124 g/mol.